The first-order chi connectivity index (χ1) is 10.9. The van der Waals surface area contributed by atoms with Crippen LogP contribution in [0.3, 0.4) is 0 Å². The lowest BCUT2D eigenvalue weighted by atomic mass is 10.0. The first-order valence-corrected chi connectivity index (χ1v) is 7.15. The predicted octanol–water partition coefficient (Wildman–Crippen LogP) is 2.98. The van der Waals surface area contributed by atoms with Crippen LogP contribution in [0.1, 0.15) is 33.9 Å². The summed E-state index contributed by atoms with van der Waals surface area (Å²) in [5.74, 6) is -0.315. The molecule has 4 nitrogen and oxygen atoms in total. The van der Waals surface area contributed by atoms with Gasteiger partial charge in [0.05, 0.1) is 23.3 Å². The summed E-state index contributed by atoms with van der Waals surface area (Å²) < 4.78 is 38.6. The Bertz CT molecular complexity index is 698. The molecule has 23 heavy (non-hydrogen) atoms. The Kier molecular flexibility index (Phi) is 3.89. The van der Waals surface area contributed by atoms with Gasteiger partial charge in [-0.15, -0.1) is 0 Å². The van der Waals surface area contributed by atoms with E-state index in [-0.39, 0.29) is 18.9 Å². The van der Waals surface area contributed by atoms with E-state index in [1.807, 2.05) is 0 Å². The average molecular weight is 324 g/mol. The predicted molar refractivity (Wildman–Crippen MR) is 76.6 cm³/mol. The van der Waals surface area contributed by atoms with E-state index in [1.54, 1.807) is 18.3 Å². The molecule has 1 saturated heterocycles. The number of carbonyl (C=O) groups excluding carboxylic acids is 1. The van der Waals surface area contributed by atoms with Crippen LogP contribution < -0.4 is 0 Å². The maximum absolute atomic E-state index is 12.9. The molecule has 0 saturated carbocycles. The van der Waals surface area contributed by atoms with E-state index >= 15 is 0 Å². The number of benzene rings is 1. The molecule has 2 aromatic rings. The van der Waals surface area contributed by atoms with E-state index in [0.29, 0.717) is 11.1 Å². The number of aliphatic hydroxyl groups is 1. The van der Waals surface area contributed by atoms with Crippen molar-refractivity contribution in [2.45, 2.75) is 24.7 Å². The second-order valence-electron chi connectivity index (χ2n) is 5.59. The standard InChI is InChI=1S/C16H15F3N2O2/c17-16(18,19)12-3-1-2-10(6-12)14-7-13(22)9-21(14)15(23)11-4-5-20-8-11/h1-6,8,13-14,20,22H,7,9H2. The fraction of sp³-hybridized carbons (Fsp3) is 0.312. The molecular weight excluding hydrogens is 309 g/mol. The van der Waals surface area contributed by atoms with Gasteiger partial charge in [-0.05, 0) is 30.2 Å². The molecule has 2 heterocycles. The van der Waals surface area contributed by atoms with Crippen molar-refractivity contribution in [1.82, 2.24) is 9.88 Å². The third kappa shape index (κ3) is 3.10. The maximum Gasteiger partial charge on any atom is 0.416 e. The van der Waals surface area contributed by atoms with Crippen LogP contribution in [-0.2, 0) is 6.18 Å². The van der Waals surface area contributed by atoms with Gasteiger partial charge < -0.3 is 15.0 Å². The number of likely N-dealkylation sites (tertiary alicyclic amines) is 1. The summed E-state index contributed by atoms with van der Waals surface area (Å²) in [4.78, 5) is 16.7. The number of aliphatic hydroxyl groups excluding tert-OH is 1. The van der Waals surface area contributed by atoms with E-state index in [4.69, 9.17) is 0 Å². The largest absolute Gasteiger partial charge is 0.416 e. The van der Waals surface area contributed by atoms with Gasteiger partial charge in [0, 0.05) is 18.9 Å². The molecule has 0 radical (unpaired) electrons. The molecule has 1 amide bonds. The van der Waals surface area contributed by atoms with Crippen molar-refractivity contribution in [2.75, 3.05) is 6.54 Å². The van der Waals surface area contributed by atoms with Crippen molar-refractivity contribution >= 4 is 5.91 Å². The molecule has 3 rings (SSSR count). The minimum Gasteiger partial charge on any atom is -0.391 e. The van der Waals surface area contributed by atoms with E-state index in [1.165, 1.54) is 17.2 Å². The fourth-order valence-corrected chi connectivity index (χ4v) is 2.90. The Morgan fingerprint density at radius 1 is 1.30 bits per heavy atom. The van der Waals surface area contributed by atoms with E-state index in [0.717, 1.165) is 12.1 Å². The number of aromatic amines is 1. The highest BCUT2D eigenvalue weighted by Gasteiger charge is 2.37. The number of halogens is 3. The van der Waals surface area contributed by atoms with Gasteiger partial charge in [-0.2, -0.15) is 13.2 Å². The number of hydrogen-bond donors (Lipinski definition) is 2. The maximum atomic E-state index is 12.9. The lowest BCUT2D eigenvalue weighted by Crippen LogP contribution is -2.31. The normalized spacial score (nSPS) is 21.7. The van der Waals surface area contributed by atoms with Gasteiger partial charge in [0.15, 0.2) is 0 Å². The van der Waals surface area contributed by atoms with Crippen molar-refractivity contribution in [3.8, 4) is 0 Å². The van der Waals surface area contributed by atoms with Gasteiger partial charge >= 0.3 is 6.18 Å². The molecule has 2 unspecified atom stereocenters. The summed E-state index contributed by atoms with van der Waals surface area (Å²) in [6, 6.07) is 5.93. The Hall–Kier alpha value is -2.28. The zero-order valence-electron chi connectivity index (χ0n) is 12.0. The summed E-state index contributed by atoms with van der Waals surface area (Å²) in [7, 11) is 0. The molecule has 1 aromatic carbocycles. The van der Waals surface area contributed by atoms with Crippen molar-refractivity contribution in [3.05, 3.63) is 59.4 Å². The average Bonchev–Trinajstić information content (AvgIpc) is 3.15. The van der Waals surface area contributed by atoms with Crippen LogP contribution >= 0.6 is 0 Å². The number of aromatic nitrogens is 1. The molecule has 2 atom stereocenters. The van der Waals surface area contributed by atoms with Gasteiger partial charge in [0.25, 0.3) is 5.91 Å². The number of rotatable bonds is 2. The van der Waals surface area contributed by atoms with E-state index < -0.39 is 23.9 Å². The number of nitrogens with one attached hydrogen (secondary N) is 1. The first-order valence-electron chi connectivity index (χ1n) is 7.15. The number of β-amino-alcohol motifs (C(OH)–C–C–N with tert-alkyl or cyclic N) is 1. The third-order valence-corrected chi connectivity index (χ3v) is 3.98. The van der Waals surface area contributed by atoms with E-state index in [9.17, 15) is 23.1 Å². The Morgan fingerprint density at radius 2 is 2.09 bits per heavy atom. The number of amides is 1. The highest BCUT2D eigenvalue weighted by Crippen LogP contribution is 2.36. The smallest absolute Gasteiger partial charge is 0.391 e. The summed E-state index contributed by atoms with van der Waals surface area (Å²) >= 11 is 0. The molecule has 2 N–H and O–H groups in total. The number of carbonyl (C=O) groups is 1. The summed E-state index contributed by atoms with van der Waals surface area (Å²) in [5.41, 5.74) is 0.0294. The van der Waals surface area contributed by atoms with Crippen LogP contribution in [0.25, 0.3) is 0 Å². The van der Waals surface area contributed by atoms with Gasteiger partial charge in [-0.1, -0.05) is 12.1 Å². The lowest BCUT2D eigenvalue weighted by Gasteiger charge is -2.25. The fourth-order valence-electron chi connectivity index (χ4n) is 2.90. The second kappa shape index (κ2) is 5.73. The first kappa shape index (κ1) is 15.6. The second-order valence-corrected chi connectivity index (χ2v) is 5.59. The summed E-state index contributed by atoms with van der Waals surface area (Å²) in [5, 5.41) is 9.88. The minimum absolute atomic E-state index is 0.102. The monoisotopic (exact) mass is 324 g/mol. The highest BCUT2D eigenvalue weighted by molar-refractivity contribution is 5.94. The molecule has 1 fully saturated rings. The molecule has 1 aliphatic heterocycles. The van der Waals surface area contributed by atoms with Crippen LogP contribution in [0.15, 0.2) is 42.7 Å². The molecule has 122 valence electrons. The van der Waals surface area contributed by atoms with Gasteiger partial charge in [0.1, 0.15) is 0 Å². The van der Waals surface area contributed by atoms with Crippen LogP contribution in [0.4, 0.5) is 13.2 Å². The molecule has 1 aliphatic rings. The number of hydrogen-bond acceptors (Lipinski definition) is 2. The Labute approximate surface area is 130 Å². The quantitative estimate of drug-likeness (QED) is 0.892. The number of H-pyrrole nitrogens is 1. The molecule has 1 aromatic heterocycles. The molecule has 0 bridgehead atoms. The minimum atomic E-state index is -4.44. The third-order valence-electron chi connectivity index (χ3n) is 3.98. The molecule has 7 heteroatoms. The van der Waals surface area contributed by atoms with Crippen molar-refractivity contribution < 1.29 is 23.1 Å². The van der Waals surface area contributed by atoms with Crippen molar-refractivity contribution in [1.29, 1.82) is 0 Å². The van der Waals surface area contributed by atoms with Gasteiger partial charge in [-0.25, -0.2) is 0 Å². The Balaban J connectivity index is 1.92. The highest BCUT2D eigenvalue weighted by atomic mass is 19.4. The Morgan fingerprint density at radius 3 is 2.74 bits per heavy atom. The number of alkyl halides is 3. The van der Waals surface area contributed by atoms with Crippen molar-refractivity contribution in [2.24, 2.45) is 0 Å². The zero-order chi connectivity index (χ0) is 16.6. The van der Waals surface area contributed by atoms with Crippen LogP contribution in [-0.4, -0.2) is 33.5 Å². The number of nitrogens with zero attached hydrogens (tertiary/aromatic N) is 1. The van der Waals surface area contributed by atoms with Gasteiger partial charge in [0.2, 0.25) is 0 Å². The molecular formula is C16H15F3N2O2. The molecule has 0 aliphatic carbocycles. The SMILES string of the molecule is O=C(c1cc[nH]c1)N1CC(O)CC1c1cccc(C(F)(F)F)c1. The molecule has 0 spiro atoms. The summed E-state index contributed by atoms with van der Waals surface area (Å²) in [6.45, 7) is 0.102. The zero-order valence-corrected chi connectivity index (χ0v) is 12.0. The van der Waals surface area contributed by atoms with Crippen LogP contribution in [0.5, 0.6) is 0 Å². The van der Waals surface area contributed by atoms with Crippen LogP contribution in [0, 0.1) is 0 Å². The van der Waals surface area contributed by atoms with Crippen molar-refractivity contribution in [3.63, 3.8) is 0 Å². The van der Waals surface area contributed by atoms with Gasteiger partial charge in [-0.3, -0.25) is 4.79 Å². The van der Waals surface area contributed by atoms with Crippen LogP contribution in [0.2, 0.25) is 0 Å². The lowest BCUT2D eigenvalue weighted by molar-refractivity contribution is -0.137. The topological polar surface area (TPSA) is 56.3 Å². The summed E-state index contributed by atoms with van der Waals surface area (Å²) in [6.07, 6.45) is -1.85. The van der Waals surface area contributed by atoms with E-state index in [2.05, 4.69) is 4.98 Å².